The van der Waals surface area contributed by atoms with Crippen LogP contribution in [0.5, 0.6) is 5.75 Å². The summed E-state index contributed by atoms with van der Waals surface area (Å²) in [6, 6.07) is 16.3. The molecule has 0 spiro atoms. The highest BCUT2D eigenvalue weighted by atomic mass is 32.2. The quantitative estimate of drug-likeness (QED) is 0.661. The number of likely N-dealkylation sites (tertiary alicyclic amines) is 1. The second-order valence-electron chi connectivity index (χ2n) is 6.72. The van der Waals surface area contributed by atoms with Crippen molar-refractivity contribution in [2.45, 2.75) is 37.8 Å². The zero-order chi connectivity index (χ0) is 18.9. The Morgan fingerprint density at radius 3 is 2.48 bits per heavy atom. The summed E-state index contributed by atoms with van der Waals surface area (Å²) < 4.78 is 5.44. The van der Waals surface area contributed by atoms with Crippen molar-refractivity contribution in [3.63, 3.8) is 0 Å². The summed E-state index contributed by atoms with van der Waals surface area (Å²) in [5.41, 5.74) is 2.53. The number of carbonyl (C=O) groups is 1. The molecule has 1 saturated heterocycles. The topological polar surface area (TPSA) is 41.6 Å². The number of rotatable bonds is 9. The zero-order valence-electron chi connectivity index (χ0n) is 15.9. The Hall–Kier alpha value is -1.98. The fourth-order valence-electron chi connectivity index (χ4n) is 3.26. The van der Waals surface area contributed by atoms with E-state index in [0.29, 0.717) is 18.9 Å². The SMILES string of the molecule is CCOc1ccc(SCC(=O)NCc2ccccc2CN2CCCC2)cc1. The van der Waals surface area contributed by atoms with Crippen LogP contribution in [0.25, 0.3) is 0 Å². The van der Waals surface area contributed by atoms with E-state index in [4.69, 9.17) is 4.74 Å². The van der Waals surface area contributed by atoms with Crippen molar-refractivity contribution in [2.75, 3.05) is 25.4 Å². The van der Waals surface area contributed by atoms with Crippen LogP contribution in [-0.2, 0) is 17.9 Å². The minimum Gasteiger partial charge on any atom is -0.494 e. The number of amides is 1. The molecule has 0 aromatic heterocycles. The van der Waals surface area contributed by atoms with Crippen molar-refractivity contribution >= 4 is 17.7 Å². The van der Waals surface area contributed by atoms with Gasteiger partial charge in [-0.25, -0.2) is 0 Å². The van der Waals surface area contributed by atoms with Crippen molar-refractivity contribution in [3.05, 3.63) is 59.7 Å². The maximum Gasteiger partial charge on any atom is 0.230 e. The first-order chi connectivity index (χ1) is 13.2. The lowest BCUT2D eigenvalue weighted by molar-refractivity contribution is -0.118. The monoisotopic (exact) mass is 384 g/mol. The first-order valence-corrected chi connectivity index (χ1v) is 10.6. The van der Waals surface area contributed by atoms with E-state index in [1.165, 1.54) is 37.1 Å². The van der Waals surface area contributed by atoms with Crippen molar-refractivity contribution < 1.29 is 9.53 Å². The molecule has 1 heterocycles. The Morgan fingerprint density at radius 1 is 1.07 bits per heavy atom. The highest BCUT2D eigenvalue weighted by Crippen LogP contribution is 2.21. The Kier molecular flexibility index (Phi) is 7.60. The number of hydrogen-bond donors (Lipinski definition) is 1. The molecule has 3 rings (SSSR count). The summed E-state index contributed by atoms with van der Waals surface area (Å²) in [4.78, 5) is 15.8. The van der Waals surface area contributed by atoms with Gasteiger partial charge in [-0.15, -0.1) is 11.8 Å². The largest absolute Gasteiger partial charge is 0.494 e. The van der Waals surface area contributed by atoms with E-state index < -0.39 is 0 Å². The van der Waals surface area contributed by atoms with E-state index in [9.17, 15) is 4.79 Å². The summed E-state index contributed by atoms with van der Waals surface area (Å²) >= 11 is 1.54. The second kappa shape index (κ2) is 10.4. The smallest absolute Gasteiger partial charge is 0.230 e. The second-order valence-corrected chi connectivity index (χ2v) is 7.77. The Labute approximate surface area is 166 Å². The van der Waals surface area contributed by atoms with Gasteiger partial charge in [-0.2, -0.15) is 0 Å². The van der Waals surface area contributed by atoms with Crippen LogP contribution in [0.15, 0.2) is 53.4 Å². The van der Waals surface area contributed by atoms with Gasteiger partial charge in [-0.05, 0) is 68.2 Å². The molecule has 1 aliphatic heterocycles. The van der Waals surface area contributed by atoms with Crippen LogP contribution in [0.1, 0.15) is 30.9 Å². The lowest BCUT2D eigenvalue weighted by Crippen LogP contribution is -2.26. The minimum atomic E-state index is 0.0601. The molecule has 2 aromatic rings. The molecule has 1 aliphatic rings. The third-order valence-corrected chi connectivity index (χ3v) is 5.70. The molecule has 0 aliphatic carbocycles. The van der Waals surface area contributed by atoms with Crippen LogP contribution in [0.4, 0.5) is 0 Å². The fraction of sp³-hybridized carbons (Fsp3) is 0.409. The number of thioether (sulfide) groups is 1. The van der Waals surface area contributed by atoms with Crippen LogP contribution in [-0.4, -0.2) is 36.3 Å². The molecule has 0 unspecified atom stereocenters. The lowest BCUT2D eigenvalue weighted by Gasteiger charge is -2.17. The maximum absolute atomic E-state index is 12.2. The molecule has 0 saturated carbocycles. The van der Waals surface area contributed by atoms with Crippen LogP contribution < -0.4 is 10.1 Å². The molecule has 27 heavy (non-hydrogen) atoms. The van der Waals surface area contributed by atoms with Gasteiger partial charge in [0.2, 0.25) is 5.91 Å². The van der Waals surface area contributed by atoms with Crippen LogP contribution in [0, 0.1) is 0 Å². The lowest BCUT2D eigenvalue weighted by atomic mass is 10.1. The minimum absolute atomic E-state index is 0.0601. The normalized spacial score (nSPS) is 14.3. The van der Waals surface area contributed by atoms with E-state index in [1.54, 1.807) is 11.8 Å². The summed E-state index contributed by atoms with van der Waals surface area (Å²) in [6.07, 6.45) is 2.59. The molecule has 0 atom stereocenters. The van der Waals surface area contributed by atoms with Gasteiger partial charge in [0.25, 0.3) is 0 Å². The van der Waals surface area contributed by atoms with Crippen LogP contribution in [0.3, 0.4) is 0 Å². The number of ether oxygens (including phenoxy) is 1. The predicted molar refractivity (Wildman–Crippen MR) is 111 cm³/mol. The molecule has 0 radical (unpaired) electrons. The third-order valence-electron chi connectivity index (χ3n) is 4.69. The Balaban J connectivity index is 1.46. The van der Waals surface area contributed by atoms with Gasteiger partial charge in [0, 0.05) is 18.0 Å². The van der Waals surface area contributed by atoms with Crippen molar-refractivity contribution in [3.8, 4) is 5.75 Å². The Bertz CT molecular complexity index is 727. The first-order valence-electron chi connectivity index (χ1n) is 9.66. The molecule has 4 nitrogen and oxygen atoms in total. The van der Waals surface area contributed by atoms with Crippen molar-refractivity contribution in [1.82, 2.24) is 10.2 Å². The fourth-order valence-corrected chi connectivity index (χ4v) is 3.99. The number of nitrogens with one attached hydrogen (secondary N) is 1. The number of hydrogen-bond acceptors (Lipinski definition) is 4. The molecule has 1 fully saturated rings. The van der Waals surface area contributed by atoms with Crippen molar-refractivity contribution in [1.29, 1.82) is 0 Å². The van der Waals surface area contributed by atoms with Gasteiger partial charge in [0.05, 0.1) is 12.4 Å². The molecule has 5 heteroatoms. The Morgan fingerprint density at radius 2 is 1.78 bits per heavy atom. The maximum atomic E-state index is 12.2. The summed E-state index contributed by atoms with van der Waals surface area (Å²) in [5.74, 6) is 1.34. The van der Waals surface area contributed by atoms with Gasteiger partial charge in [-0.1, -0.05) is 24.3 Å². The van der Waals surface area contributed by atoms with E-state index in [0.717, 1.165) is 17.2 Å². The first kappa shape index (κ1) is 19.8. The predicted octanol–water partition coefficient (Wildman–Crippen LogP) is 4.09. The van der Waals surface area contributed by atoms with Gasteiger partial charge < -0.3 is 10.1 Å². The number of nitrogens with zero attached hydrogens (tertiary/aromatic N) is 1. The highest BCUT2D eigenvalue weighted by molar-refractivity contribution is 8.00. The van der Waals surface area contributed by atoms with Gasteiger partial charge in [0.15, 0.2) is 0 Å². The highest BCUT2D eigenvalue weighted by Gasteiger charge is 2.13. The molecule has 1 amide bonds. The molecule has 2 aromatic carbocycles. The zero-order valence-corrected chi connectivity index (χ0v) is 16.8. The summed E-state index contributed by atoms with van der Waals surface area (Å²) in [5, 5.41) is 3.06. The van der Waals surface area contributed by atoms with E-state index >= 15 is 0 Å². The van der Waals surface area contributed by atoms with Gasteiger partial charge in [-0.3, -0.25) is 9.69 Å². The van der Waals surface area contributed by atoms with Gasteiger partial charge >= 0.3 is 0 Å². The average molecular weight is 385 g/mol. The van der Waals surface area contributed by atoms with Gasteiger partial charge in [0.1, 0.15) is 5.75 Å². The molecular weight excluding hydrogens is 356 g/mol. The standard InChI is InChI=1S/C22H28N2O2S/c1-2-26-20-9-11-21(12-10-20)27-17-22(25)23-15-18-7-3-4-8-19(18)16-24-13-5-6-14-24/h3-4,7-12H,2,5-6,13-17H2,1H3,(H,23,25). The van der Waals surface area contributed by atoms with E-state index in [2.05, 4.69) is 28.4 Å². The number of carbonyl (C=O) groups excluding carboxylic acids is 1. The summed E-state index contributed by atoms with van der Waals surface area (Å²) in [7, 11) is 0. The van der Waals surface area contributed by atoms with Crippen LogP contribution >= 0.6 is 11.8 Å². The third kappa shape index (κ3) is 6.29. The van der Waals surface area contributed by atoms with E-state index in [-0.39, 0.29) is 5.91 Å². The molecule has 0 bridgehead atoms. The summed E-state index contributed by atoms with van der Waals surface area (Å²) in [6.45, 7) is 6.56. The van der Waals surface area contributed by atoms with E-state index in [1.807, 2.05) is 37.3 Å². The molecular formula is C22H28N2O2S. The van der Waals surface area contributed by atoms with Crippen molar-refractivity contribution in [2.24, 2.45) is 0 Å². The molecule has 144 valence electrons. The van der Waals surface area contributed by atoms with Crippen LogP contribution in [0.2, 0.25) is 0 Å². The number of benzene rings is 2. The molecule has 1 N–H and O–H groups in total. The average Bonchev–Trinajstić information content (AvgIpc) is 3.20.